The normalized spacial score (nSPS) is 19.3. The van der Waals surface area contributed by atoms with Crippen LogP contribution in [0.25, 0.3) is 0 Å². The molecule has 116 valence electrons. The van der Waals surface area contributed by atoms with E-state index in [1.54, 1.807) is 18.3 Å². The number of likely N-dealkylation sites (tertiary alicyclic amines) is 1. The zero-order valence-corrected chi connectivity index (χ0v) is 12.7. The third kappa shape index (κ3) is 3.56. The molecule has 5 nitrogen and oxygen atoms in total. The number of carbonyl (C=O) groups excluding carboxylic acids is 1. The first-order valence-electron chi connectivity index (χ1n) is 8.05. The number of pyridine rings is 1. The molecule has 1 amide bonds. The Labute approximate surface area is 130 Å². The van der Waals surface area contributed by atoms with Crippen molar-refractivity contribution in [3.05, 3.63) is 23.9 Å². The zero-order valence-electron chi connectivity index (χ0n) is 12.7. The number of aromatic nitrogens is 1. The maximum atomic E-state index is 12.2. The number of nitrogens with zero attached hydrogens (tertiary/aromatic N) is 3. The Morgan fingerprint density at radius 1 is 1.36 bits per heavy atom. The summed E-state index contributed by atoms with van der Waals surface area (Å²) in [7, 11) is 0. The third-order valence-electron chi connectivity index (χ3n) is 4.54. The molecule has 0 bridgehead atoms. The molecule has 1 aromatic heterocycles. The maximum Gasteiger partial charge on any atom is 0.223 e. The molecule has 2 heterocycles. The van der Waals surface area contributed by atoms with Gasteiger partial charge in [0.1, 0.15) is 6.10 Å². The predicted molar refractivity (Wildman–Crippen MR) is 81.1 cm³/mol. The van der Waals surface area contributed by atoms with Crippen molar-refractivity contribution in [2.75, 3.05) is 13.1 Å². The predicted octanol–water partition coefficient (Wildman–Crippen LogP) is 2.51. The number of nitriles is 1. The Morgan fingerprint density at radius 3 is 2.86 bits per heavy atom. The second-order valence-electron chi connectivity index (χ2n) is 6.24. The van der Waals surface area contributed by atoms with Crippen molar-refractivity contribution in [1.82, 2.24) is 9.88 Å². The molecule has 0 aromatic carbocycles. The SMILES string of the molecule is N#Cc1ccnc(OC2CN(C(=O)CC3CCCCC3)C2)c1. The minimum Gasteiger partial charge on any atom is -0.471 e. The van der Waals surface area contributed by atoms with Crippen LogP contribution in [0.4, 0.5) is 0 Å². The first-order valence-corrected chi connectivity index (χ1v) is 8.05. The summed E-state index contributed by atoms with van der Waals surface area (Å²) in [6, 6.07) is 5.34. The molecule has 0 radical (unpaired) electrons. The quantitative estimate of drug-likeness (QED) is 0.857. The summed E-state index contributed by atoms with van der Waals surface area (Å²) in [6.07, 6.45) is 8.51. The highest BCUT2D eigenvalue weighted by atomic mass is 16.5. The van der Waals surface area contributed by atoms with Gasteiger partial charge in [0, 0.05) is 18.7 Å². The fourth-order valence-electron chi connectivity index (χ4n) is 3.20. The van der Waals surface area contributed by atoms with Crippen molar-refractivity contribution in [1.29, 1.82) is 5.26 Å². The molecule has 3 rings (SSSR count). The average molecular weight is 299 g/mol. The molecule has 1 saturated heterocycles. The van der Waals surface area contributed by atoms with Gasteiger partial charge < -0.3 is 9.64 Å². The topological polar surface area (TPSA) is 66.2 Å². The number of rotatable bonds is 4. The molecule has 1 aliphatic carbocycles. The lowest BCUT2D eigenvalue weighted by Gasteiger charge is -2.39. The summed E-state index contributed by atoms with van der Waals surface area (Å²) in [5.74, 6) is 1.30. The van der Waals surface area contributed by atoms with Gasteiger partial charge in [-0.15, -0.1) is 0 Å². The van der Waals surface area contributed by atoms with E-state index in [-0.39, 0.29) is 12.0 Å². The first-order chi connectivity index (χ1) is 10.7. The van der Waals surface area contributed by atoms with E-state index in [1.807, 2.05) is 4.90 Å². The summed E-state index contributed by atoms with van der Waals surface area (Å²) in [5.41, 5.74) is 0.537. The lowest BCUT2D eigenvalue weighted by atomic mass is 9.86. The summed E-state index contributed by atoms with van der Waals surface area (Å²) in [6.45, 7) is 1.26. The van der Waals surface area contributed by atoms with Crippen LogP contribution in [0.15, 0.2) is 18.3 Å². The number of carbonyl (C=O) groups is 1. The number of amides is 1. The standard InChI is InChI=1S/C17H21N3O2/c18-10-14-6-7-19-16(8-14)22-15-11-20(12-15)17(21)9-13-4-2-1-3-5-13/h6-8,13,15H,1-5,9,11-12H2. The Bertz CT molecular complexity index is 570. The van der Waals surface area contributed by atoms with Gasteiger partial charge in [0.15, 0.2) is 0 Å². The second kappa shape index (κ2) is 6.78. The van der Waals surface area contributed by atoms with Crippen LogP contribution in [0.5, 0.6) is 5.88 Å². The van der Waals surface area contributed by atoms with Gasteiger partial charge in [-0.3, -0.25) is 4.79 Å². The van der Waals surface area contributed by atoms with E-state index in [4.69, 9.17) is 10.00 Å². The molecule has 2 aliphatic rings. The fraction of sp³-hybridized carbons (Fsp3) is 0.588. The lowest BCUT2D eigenvalue weighted by molar-refractivity contribution is -0.141. The van der Waals surface area contributed by atoms with Crippen molar-refractivity contribution >= 4 is 5.91 Å². The van der Waals surface area contributed by atoms with Gasteiger partial charge in [0.2, 0.25) is 11.8 Å². The highest BCUT2D eigenvalue weighted by molar-refractivity contribution is 5.77. The average Bonchev–Trinajstić information content (AvgIpc) is 2.51. The van der Waals surface area contributed by atoms with Gasteiger partial charge >= 0.3 is 0 Å². The van der Waals surface area contributed by atoms with Crippen LogP contribution in [0, 0.1) is 17.2 Å². The van der Waals surface area contributed by atoms with Gasteiger partial charge in [0.25, 0.3) is 0 Å². The Morgan fingerprint density at radius 2 is 2.14 bits per heavy atom. The molecular weight excluding hydrogens is 278 g/mol. The first kappa shape index (κ1) is 14.8. The van der Waals surface area contributed by atoms with E-state index in [9.17, 15) is 4.79 Å². The Hall–Kier alpha value is -2.09. The van der Waals surface area contributed by atoms with Crippen LogP contribution in [0.2, 0.25) is 0 Å². The van der Waals surface area contributed by atoms with E-state index in [0.29, 0.717) is 36.9 Å². The molecule has 2 fully saturated rings. The zero-order chi connectivity index (χ0) is 15.4. The van der Waals surface area contributed by atoms with Crippen molar-refractivity contribution in [3.63, 3.8) is 0 Å². The van der Waals surface area contributed by atoms with Crippen LogP contribution in [-0.4, -0.2) is 35.0 Å². The molecule has 1 aromatic rings. The number of hydrogen-bond donors (Lipinski definition) is 0. The number of ether oxygens (including phenoxy) is 1. The highest BCUT2D eigenvalue weighted by Crippen LogP contribution is 2.28. The molecule has 5 heteroatoms. The van der Waals surface area contributed by atoms with Crippen molar-refractivity contribution in [2.45, 2.75) is 44.6 Å². The van der Waals surface area contributed by atoms with Crippen molar-refractivity contribution in [2.24, 2.45) is 5.92 Å². The second-order valence-corrected chi connectivity index (χ2v) is 6.24. The summed E-state index contributed by atoms with van der Waals surface area (Å²) >= 11 is 0. The van der Waals surface area contributed by atoms with Gasteiger partial charge in [0.05, 0.1) is 24.7 Å². The summed E-state index contributed by atoms with van der Waals surface area (Å²) < 4.78 is 5.71. The van der Waals surface area contributed by atoms with Crippen molar-refractivity contribution in [3.8, 4) is 11.9 Å². The Kier molecular flexibility index (Phi) is 4.57. The van der Waals surface area contributed by atoms with Crippen LogP contribution >= 0.6 is 0 Å². The van der Waals surface area contributed by atoms with Crippen LogP contribution in [0.1, 0.15) is 44.1 Å². The molecule has 1 saturated carbocycles. The molecule has 22 heavy (non-hydrogen) atoms. The molecule has 1 aliphatic heterocycles. The molecule has 0 spiro atoms. The van der Waals surface area contributed by atoms with E-state index < -0.39 is 0 Å². The minimum absolute atomic E-state index is 0.00301. The van der Waals surface area contributed by atoms with E-state index >= 15 is 0 Å². The fourth-order valence-corrected chi connectivity index (χ4v) is 3.20. The maximum absolute atomic E-state index is 12.2. The monoisotopic (exact) mass is 299 g/mol. The summed E-state index contributed by atoms with van der Waals surface area (Å²) in [4.78, 5) is 18.2. The van der Waals surface area contributed by atoms with Gasteiger partial charge in [-0.25, -0.2) is 4.98 Å². The lowest BCUT2D eigenvalue weighted by Crippen LogP contribution is -2.56. The minimum atomic E-state index is -0.00301. The number of hydrogen-bond acceptors (Lipinski definition) is 4. The highest BCUT2D eigenvalue weighted by Gasteiger charge is 2.33. The van der Waals surface area contributed by atoms with Gasteiger partial charge in [-0.2, -0.15) is 5.26 Å². The smallest absolute Gasteiger partial charge is 0.223 e. The van der Waals surface area contributed by atoms with E-state index in [2.05, 4.69) is 11.1 Å². The molecule has 0 N–H and O–H groups in total. The van der Waals surface area contributed by atoms with Crippen LogP contribution in [-0.2, 0) is 4.79 Å². The largest absolute Gasteiger partial charge is 0.471 e. The van der Waals surface area contributed by atoms with Crippen LogP contribution < -0.4 is 4.74 Å². The molecular formula is C17H21N3O2. The third-order valence-corrected chi connectivity index (χ3v) is 4.54. The van der Waals surface area contributed by atoms with Gasteiger partial charge in [-0.05, 0) is 24.8 Å². The molecule has 0 unspecified atom stereocenters. The Balaban J connectivity index is 1.43. The van der Waals surface area contributed by atoms with Crippen LogP contribution in [0.3, 0.4) is 0 Å². The summed E-state index contributed by atoms with van der Waals surface area (Å²) in [5, 5.41) is 8.85. The van der Waals surface area contributed by atoms with E-state index in [0.717, 1.165) is 0 Å². The van der Waals surface area contributed by atoms with E-state index in [1.165, 1.54) is 32.1 Å². The van der Waals surface area contributed by atoms with Gasteiger partial charge in [-0.1, -0.05) is 19.3 Å². The molecule has 0 atom stereocenters. The van der Waals surface area contributed by atoms with Crippen molar-refractivity contribution < 1.29 is 9.53 Å².